The maximum atomic E-state index is 9.08. The van der Waals surface area contributed by atoms with E-state index in [1.165, 1.54) is 38.9 Å². The van der Waals surface area contributed by atoms with Crippen LogP contribution in [0, 0.1) is 17.8 Å². The van der Waals surface area contributed by atoms with E-state index in [2.05, 4.69) is 11.8 Å². The lowest BCUT2D eigenvalue weighted by molar-refractivity contribution is 0.0131. The van der Waals surface area contributed by atoms with E-state index in [0.29, 0.717) is 6.61 Å². The van der Waals surface area contributed by atoms with Crippen molar-refractivity contribution in [2.45, 2.75) is 32.6 Å². The summed E-state index contributed by atoms with van der Waals surface area (Å²) in [4.78, 5) is 2.60. The van der Waals surface area contributed by atoms with Gasteiger partial charge in [0.1, 0.15) is 0 Å². The molecule has 0 amide bonds. The van der Waals surface area contributed by atoms with Gasteiger partial charge in [-0.25, -0.2) is 0 Å². The molecular weight excluding hydrogens is 174 g/mol. The van der Waals surface area contributed by atoms with Crippen LogP contribution >= 0.6 is 0 Å². The number of aliphatic hydroxyl groups is 1. The zero-order valence-electron chi connectivity index (χ0n) is 9.28. The van der Waals surface area contributed by atoms with Gasteiger partial charge in [0, 0.05) is 19.7 Å². The molecule has 2 heteroatoms. The van der Waals surface area contributed by atoms with Crippen LogP contribution < -0.4 is 0 Å². The second-order valence-corrected chi connectivity index (χ2v) is 4.98. The maximum absolute atomic E-state index is 9.08. The van der Waals surface area contributed by atoms with Gasteiger partial charge in [-0.15, -0.1) is 0 Å². The number of hydrogen-bond donors (Lipinski definition) is 1. The van der Waals surface area contributed by atoms with Gasteiger partial charge < -0.3 is 10.0 Å². The predicted octanol–water partition coefficient (Wildman–Crippen LogP) is 1.74. The Balaban J connectivity index is 1.99. The van der Waals surface area contributed by atoms with Crippen molar-refractivity contribution in [2.24, 2.45) is 17.8 Å². The first kappa shape index (κ1) is 10.4. The van der Waals surface area contributed by atoms with Crippen molar-refractivity contribution in [3.63, 3.8) is 0 Å². The molecule has 14 heavy (non-hydrogen) atoms. The highest BCUT2D eigenvalue weighted by atomic mass is 16.3. The van der Waals surface area contributed by atoms with Crippen molar-refractivity contribution >= 4 is 0 Å². The predicted molar refractivity (Wildman–Crippen MR) is 58.1 cm³/mol. The Morgan fingerprint density at radius 2 is 1.86 bits per heavy atom. The minimum atomic E-state index is 0.393. The van der Waals surface area contributed by atoms with E-state index < -0.39 is 0 Å². The fourth-order valence-electron chi connectivity index (χ4n) is 3.53. The van der Waals surface area contributed by atoms with Crippen LogP contribution in [0.15, 0.2) is 0 Å². The van der Waals surface area contributed by atoms with E-state index >= 15 is 0 Å². The van der Waals surface area contributed by atoms with Gasteiger partial charge in [0.25, 0.3) is 0 Å². The topological polar surface area (TPSA) is 23.5 Å². The minimum absolute atomic E-state index is 0.393. The number of aliphatic hydroxyl groups excluding tert-OH is 1. The molecule has 1 heterocycles. The van der Waals surface area contributed by atoms with Crippen LogP contribution in [-0.4, -0.2) is 36.2 Å². The molecule has 2 rings (SSSR count). The quantitative estimate of drug-likeness (QED) is 0.745. The zero-order chi connectivity index (χ0) is 9.97. The van der Waals surface area contributed by atoms with Crippen molar-refractivity contribution in [3.8, 4) is 0 Å². The SMILES string of the molecule is CCN1CC2CCCC(C1)C2CCO. The lowest BCUT2D eigenvalue weighted by atomic mass is 9.68. The summed E-state index contributed by atoms with van der Waals surface area (Å²) in [6, 6.07) is 0. The summed E-state index contributed by atoms with van der Waals surface area (Å²) in [6.45, 7) is 6.44. The number of likely N-dealkylation sites (tertiary alicyclic amines) is 1. The van der Waals surface area contributed by atoms with E-state index in [-0.39, 0.29) is 0 Å². The molecule has 82 valence electrons. The van der Waals surface area contributed by atoms with Gasteiger partial charge in [-0.3, -0.25) is 0 Å². The molecule has 0 radical (unpaired) electrons. The van der Waals surface area contributed by atoms with Crippen molar-refractivity contribution in [2.75, 3.05) is 26.2 Å². The summed E-state index contributed by atoms with van der Waals surface area (Å²) in [5, 5.41) is 9.08. The highest BCUT2D eigenvalue weighted by molar-refractivity contribution is 4.89. The van der Waals surface area contributed by atoms with Gasteiger partial charge >= 0.3 is 0 Å². The van der Waals surface area contributed by atoms with Crippen molar-refractivity contribution in [1.82, 2.24) is 4.90 Å². The maximum Gasteiger partial charge on any atom is 0.0433 e. The van der Waals surface area contributed by atoms with E-state index in [0.717, 1.165) is 24.2 Å². The summed E-state index contributed by atoms with van der Waals surface area (Å²) in [6.07, 6.45) is 5.27. The summed E-state index contributed by atoms with van der Waals surface area (Å²) < 4.78 is 0. The molecule has 1 N–H and O–H groups in total. The summed E-state index contributed by atoms with van der Waals surface area (Å²) in [5.41, 5.74) is 0. The van der Waals surface area contributed by atoms with Crippen molar-refractivity contribution in [3.05, 3.63) is 0 Å². The Labute approximate surface area is 87.3 Å². The van der Waals surface area contributed by atoms with E-state index in [4.69, 9.17) is 5.11 Å². The molecule has 1 saturated carbocycles. The van der Waals surface area contributed by atoms with Crippen LogP contribution in [0.25, 0.3) is 0 Å². The number of piperidine rings is 1. The fourth-order valence-corrected chi connectivity index (χ4v) is 3.53. The first-order valence-corrected chi connectivity index (χ1v) is 6.18. The minimum Gasteiger partial charge on any atom is -0.396 e. The van der Waals surface area contributed by atoms with Crippen LogP contribution in [-0.2, 0) is 0 Å². The molecule has 2 unspecified atom stereocenters. The third kappa shape index (κ3) is 1.96. The van der Waals surface area contributed by atoms with Gasteiger partial charge in [0.2, 0.25) is 0 Å². The Kier molecular flexibility index (Phi) is 3.45. The molecule has 2 fully saturated rings. The monoisotopic (exact) mass is 197 g/mol. The Hall–Kier alpha value is -0.0800. The van der Waals surface area contributed by atoms with Gasteiger partial charge in [-0.2, -0.15) is 0 Å². The second kappa shape index (κ2) is 4.63. The van der Waals surface area contributed by atoms with E-state index in [1.807, 2.05) is 0 Å². The number of hydrogen-bond acceptors (Lipinski definition) is 2. The normalized spacial score (nSPS) is 38.6. The Morgan fingerprint density at radius 3 is 2.36 bits per heavy atom. The molecule has 0 aromatic heterocycles. The smallest absolute Gasteiger partial charge is 0.0433 e. The molecule has 0 aromatic carbocycles. The molecular formula is C12H23NO. The standard InChI is InChI=1S/C12H23NO/c1-2-13-8-10-4-3-5-11(9-13)12(10)6-7-14/h10-12,14H,2-9H2,1H3. The van der Waals surface area contributed by atoms with Crippen LogP contribution in [0.2, 0.25) is 0 Å². The highest BCUT2D eigenvalue weighted by Crippen LogP contribution is 2.41. The molecule has 0 aromatic rings. The van der Waals surface area contributed by atoms with Gasteiger partial charge in [0.05, 0.1) is 0 Å². The Morgan fingerprint density at radius 1 is 1.21 bits per heavy atom. The molecule has 2 aliphatic rings. The highest BCUT2D eigenvalue weighted by Gasteiger charge is 2.38. The van der Waals surface area contributed by atoms with E-state index in [1.54, 1.807) is 0 Å². The third-order valence-corrected chi connectivity index (χ3v) is 4.26. The summed E-state index contributed by atoms with van der Waals surface area (Å²) >= 11 is 0. The average molecular weight is 197 g/mol. The number of rotatable bonds is 3. The van der Waals surface area contributed by atoms with Gasteiger partial charge in [-0.1, -0.05) is 13.3 Å². The lowest BCUT2D eigenvalue weighted by Crippen LogP contribution is -2.48. The van der Waals surface area contributed by atoms with Crippen LogP contribution in [0.4, 0.5) is 0 Å². The van der Waals surface area contributed by atoms with Crippen LogP contribution in [0.3, 0.4) is 0 Å². The van der Waals surface area contributed by atoms with Gasteiger partial charge in [-0.05, 0) is 43.6 Å². The second-order valence-electron chi connectivity index (χ2n) is 4.98. The molecule has 1 aliphatic heterocycles. The van der Waals surface area contributed by atoms with Crippen LogP contribution in [0.5, 0.6) is 0 Å². The largest absolute Gasteiger partial charge is 0.396 e. The first-order valence-electron chi connectivity index (χ1n) is 6.18. The average Bonchev–Trinajstić information content (AvgIpc) is 2.17. The third-order valence-electron chi connectivity index (χ3n) is 4.26. The number of nitrogens with zero attached hydrogens (tertiary/aromatic N) is 1. The molecule has 2 bridgehead atoms. The van der Waals surface area contributed by atoms with Crippen molar-refractivity contribution < 1.29 is 5.11 Å². The molecule has 2 atom stereocenters. The lowest BCUT2D eigenvalue weighted by Gasteiger charge is -2.47. The summed E-state index contributed by atoms with van der Waals surface area (Å²) in [7, 11) is 0. The summed E-state index contributed by atoms with van der Waals surface area (Å²) in [5.74, 6) is 2.60. The van der Waals surface area contributed by atoms with E-state index in [9.17, 15) is 0 Å². The fraction of sp³-hybridized carbons (Fsp3) is 1.00. The Bertz CT molecular complexity index is 169. The molecule has 2 nitrogen and oxygen atoms in total. The van der Waals surface area contributed by atoms with Crippen LogP contribution in [0.1, 0.15) is 32.6 Å². The first-order chi connectivity index (χ1) is 6.85. The number of fused-ring (bicyclic) bond motifs is 2. The molecule has 1 aliphatic carbocycles. The van der Waals surface area contributed by atoms with Crippen molar-refractivity contribution in [1.29, 1.82) is 0 Å². The zero-order valence-corrected chi connectivity index (χ0v) is 9.28. The molecule has 0 spiro atoms. The van der Waals surface area contributed by atoms with Gasteiger partial charge in [0.15, 0.2) is 0 Å². The molecule has 1 saturated heterocycles.